The third-order valence-electron chi connectivity index (χ3n) is 4.47. The van der Waals surface area contributed by atoms with Crippen molar-refractivity contribution in [3.05, 3.63) is 42.5 Å². The molecule has 9 heteroatoms. The van der Waals surface area contributed by atoms with E-state index in [4.69, 9.17) is 9.47 Å². The fourth-order valence-corrected chi connectivity index (χ4v) is 4.54. The molecule has 0 saturated carbocycles. The van der Waals surface area contributed by atoms with Gasteiger partial charge in [-0.2, -0.15) is 4.31 Å². The SMILES string of the molecule is CCN(CC)S(=O)(=O)c1cccc(NC(=O)CNc2cccc3c2OCCO3)c1. The predicted octanol–water partition coefficient (Wildman–Crippen LogP) is 2.54. The van der Waals surface area contributed by atoms with Crippen LogP contribution < -0.4 is 20.1 Å². The molecular weight excluding hydrogens is 394 g/mol. The highest BCUT2D eigenvalue weighted by atomic mass is 32.2. The van der Waals surface area contributed by atoms with E-state index in [0.717, 1.165) is 0 Å². The number of sulfonamides is 1. The molecule has 0 radical (unpaired) electrons. The zero-order valence-corrected chi connectivity index (χ0v) is 17.3. The second-order valence-corrected chi connectivity index (χ2v) is 8.29. The van der Waals surface area contributed by atoms with Crippen LogP contribution >= 0.6 is 0 Å². The van der Waals surface area contributed by atoms with Gasteiger partial charge in [-0.1, -0.05) is 26.0 Å². The number of amides is 1. The van der Waals surface area contributed by atoms with Gasteiger partial charge >= 0.3 is 0 Å². The van der Waals surface area contributed by atoms with E-state index in [9.17, 15) is 13.2 Å². The lowest BCUT2D eigenvalue weighted by Crippen LogP contribution is -2.30. The van der Waals surface area contributed by atoms with Crippen molar-refractivity contribution < 1.29 is 22.7 Å². The number of rotatable bonds is 8. The summed E-state index contributed by atoms with van der Waals surface area (Å²) in [6.45, 7) is 5.27. The van der Waals surface area contributed by atoms with Gasteiger partial charge in [0.1, 0.15) is 13.2 Å². The van der Waals surface area contributed by atoms with Gasteiger partial charge in [-0.25, -0.2) is 8.42 Å². The number of carbonyl (C=O) groups excluding carboxylic acids is 1. The smallest absolute Gasteiger partial charge is 0.243 e. The molecule has 0 bridgehead atoms. The second kappa shape index (κ2) is 9.15. The molecule has 29 heavy (non-hydrogen) atoms. The van der Waals surface area contributed by atoms with Crippen LogP contribution in [-0.2, 0) is 14.8 Å². The fraction of sp³-hybridized carbons (Fsp3) is 0.350. The standard InChI is InChI=1S/C20H25N3O5S/c1-3-23(4-2)29(25,26)16-8-5-7-15(13-16)22-19(24)14-21-17-9-6-10-18-20(17)28-12-11-27-18/h5-10,13,21H,3-4,11-12,14H2,1-2H3,(H,22,24). The number of anilines is 2. The molecule has 2 aromatic carbocycles. The Morgan fingerprint density at radius 1 is 1.07 bits per heavy atom. The van der Waals surface area contributed by atoms with Crippen molar-refractivity contribution in [1.82, 2.24) is 4.31 Å². The minimum absolute atomic E-state index is 0.00711. The molecule has 2 aromatic rings. The van der Waals surface area contributed by atoms with Gasteiger partial charge < -0.3 is 20.1 Å². The summed E-state index contributed by atoms with van der Waals surface area (Å²) < 4.78 is 37.8. The summed E-state index contributed by atoms with van der Waals surface area (Å²) in [6, 6.07) is 11.7. The van der Waals surface area contributed by atoms with Crippen LogP contribution in [0.15, 0.2) is 47.4 Å². The highest BCUT2D eigenvalue weighted by Crippen LogP contribution is 2.37. The number of nitrogens with one attached hydrogen (secondary N) is 2. The Balaban J connectivity index is 1.66. The number of ether oxygens (including phenoxy) is 2. The molecule has 0 aromatic heterocycles. The second-order valence-electron chi connectivity index (χ2n) is 6.35. The van der Waals surface area contributed by atoms with Crippen molar-refractivity contribution in [2.24, 2.45) is 0 Å². The maximum atomic E-state index is 12.7. The summed E-state index contributed by atoms with van der Waals surface area (Å²) in [4.78, 5) is 12.5. The number of fused-ring (bicyclic) bond motifs is 1. The van der Waals surface area contributed by atoms with E-state index in [1.54, 1.807) is 32.0 Å². The summed E-state index contributed by atoms with van der Waals surface area (Å²) in [6.07, 6.45) is 0. The topological polar surface area (TPSA) is 97.0 Å². The Kier molecular flexibility index (Phi) is 6.60. The summed E-state index contributed by atoms with van der Waals surface area (Å²) in [5, 5.41) is 5.75. The lowest BCUT2D eigenvalue weighted by atomic mass is 10.2. The van der Waals surface area contributed by atoms with Crippen LogP contribution in [0.3, 0.4) is 0 Å². The van der Waals surface area contributed by atoms with E-state index in [2.05, 4.69) is 10.6 Å². The van der Waals surface area contributed by atoms with Crippen molar-refractivity contribution in [3.8, 4) is 11.5 Å². The predicted molar refractivity (Wildman–Crippen MR) is 111 cm³/mol. The number of carbonyl (C=O) groups is 1. The number of para-hydroxylation sites is 1. The maximum absolute atomic E-state index is 12.7. The van der Waals surface area contributed by atoms with Crippen LogP contribution in [0.4, 0.5) is 11.4 Å². The van der Waals surface area contributed by atoms with Crippen LogP contribution in [0.1, 0.15) is 13.8 Å². The van der Waals surface area contributed by atoms with Crippen LogP contribution in [-0.4, -0.2) is 51.5 Å². The zero-order chi connectivity index (χ0) is 20.9. The molecule has 0 saturated heterocycles. The summed E-state index contributed by atoms with van der Waals surface area (Å²) >= 11 is 0. The molecule has 0 unspecified atom stereocenters. The molecule has 1 aliphatic rings. The Hall–Kier alpha value is -2.78. The highest BCUT2D eigenvalue weighted by molar-refractivity contribution is 7.89. The molecule has 1 aliphatic heterocycles. The van der Waals surface area contributed by atoms with Crippen LogP contribution in [0, 0.1) is 0 Å². The van der Waals surface area contributed by atoms with Gasteiger partial charge in [-0.15, -0.1) is 0 Å². The first-order valence-electron chi connectivity index (χ1n) is 9.48. The molecule has 1 amide bonds. The normalized spacial score (nSPS) is 13.2. The monoisotopic (exact) mass is 419 g/mol. The molecule has 2 N–H and O–H groups in total. The lowest BCUT2D eigenvalue weighted by Gasteiger charge is -2.21. The van der Waals surface area contributed by atoms with Crippen molar-refractivity contribution in [2.45, 2.75) is 18.7 Å². The quantitative estimate of drug-likeness (QED) is 0.683. The number of hydrogen-bond acceptors (Lipinski definition) is 6. The third-order valence-corrected chi connectivity index (χ3v) is 6.51. The molecule has 8 nitrogen and oxygen atoms in total. The Morgan fingerprint density at radius 3 is 2.55 bits per heavy atom. The third kappa shape index (κ3) is 4.80. The number of nitrogens with zero attached hydrogens (tertiary/aromatic N) is 1. The first-order chi connectivity index (χ1) is 14.0. The Labute approximate surface area is 170 Å². The van der Waals surface area contributed by atoms with Gasteiger partial charge in [-0.05, 0) is 30.3 Å². The van der Waals surface area contributed by atoms with Crippen molar-refractivity contribution >= 4 is 27.3 Å². The van der Waals surface area contributed by atoms with E-state index in [1.807, 2.05) is 12.1 Å². The van der Waals surface area contributed by atoms with Crippen LogP contribution in [0.5, 0.6) is 11.5 Å². The minimum atomic E-state index is -3.59. The van der Waals surface area contributed by atoms with Crippen LogP contribution in [0.2, 0.25) is 0 Å². The summed E-state index contributed by atoms with van der Waals surface area (Å²) in [5.74, 6) is 0.909. The molecule has 0 fully saturated rings. The highest BCUT2D eigenvalue weighted by Gasteiger charge is 2.22. The van der Waals surface area contributed by atoms with E-state index < -0.39 is 10.0 Å². The van der Waals surface area contributed by atoms with Crippen LogP contribution in [0.25, 0.3) is 0 Å². The number of hydrogen-bond donors (Lipinski definition) is 2. The minimum Gasteiger partial charge on any atom is -0.486 e. The van der Waals surface area contributed by atoms with E-state index in [1.165, 1.54) is 16.4 Å². The van der Waals surface area contributed by atoms with Crippen molar-refractivity contribution in [2.75, 3.05) is 43.5 Å². The fourth-order valence-electron chi connectivity index (χ4n) is 3.04. The summed E-state index contributed by atoms with van der Waals surface area (Å²) in [7, 11) is -3.59. The average molecular weight is 420 g/mol. The van der Waals surface area contributed by atoms with E-state index in [0.29, 0.717) is 49.2 Å². The van der Waals surface area contributed by atoms with Gasteiger partial charge in [0, 0.05) is 18.8 Å². The molecule has 3 rings (SSSR count). The van der Waals surface area contributed by atoms with Gasteiger partial charge in [-0.3, -0.25) is 4.79 Å². The van der Waals surface area contributed by atoms with E-state index >= 15 is 0 Å². The van der Waals surface area contributed by atoms with E-state index in [-0.39, 0.29) is 17.3 Å². The molecular formula is C20H25N3O5S. The van der Waals surface area contributed by atoms with Crippen molar-refractivity contribution in [1.29, 1.82) is 0 Å². The first-order valence-corrected chi connectivity index (χ1v) is 10.9. The average Bonchev–Trinajstić information content (AvgIpc) is 2.73. The molecule has 0 spiro atoms. The van der Waals surface area contributed by atoms with Crippen molar-refractivity contribution in [3.63, 3.8) is 0 Å². The molecule has 156 valence electrons. The Morgan fingerprint density at radius 2 is 1.79 bits per heavy atom. The van der Waals surface area contributed by atoms with Gasteiger partial charge in [0.2, 0.25) is 15.9 Å². The summed E-state index contributed by atoms with van der Waals surface area (Å²) in [5.41, 5.74) is 1.08. The first kappa shape index (κ1) is 20.9. The maximum Gasteiger partial charge on any atom is 0.243 e. The largest absolute Gasteiger partial charge is 0.486 e. The zero-order valence-electron chi connectivity index (χ0n) is 16.5. The molecule has 0 aliphatic carbocycles. The number of benzene rings is 2. The van der Waals surface area contributed by atoms with Gasteiger partial charge in [0.05, 0.1) is 17.1 Å². The molecule has 1 heterocycles. The van der Waals surface area contributed by atoms with Gasteiger partial charge in [0.25, 0.3) is 0 Å². The van der Waals surface area contributed by atoms with Gasteiger partial charge in [0.15, 0.2) is 11.5 Å². The Bertz CT molecular complexity index is 974. The lowest BCUT2D eigenvalue weighted by molar-refractivity contribution is -0.114. The molecule has 0 atom stereocenters.